The van der Waals surface area contributed by atoms with Gasteiger partial charge in [0.15, 0.2) is 0 Å². The lowest BCUT2D eigenvalue weighted by Crippen LogP contribution is -2.59. The van der Waals surface area contributed by atoms with Crippen molar-refractivity contribution in [3.63, 3.8) is 0 Å². The van der Waals surface area contributed by atoms with Crippen molar-refractivity contribution in [1.29, 1.82) is 0 Å². The van der Waals surface area contributed by atoms with Crippen LogP contribution in [0.15, 0.2) is 72.8 Å². The number of hydrogen-bond acceptors (Lipinski definition) is 12. The van der Waals surface area contributed by atoms with Crippen LogP contribution in [0.4, 0.5) is 0 Å². The van der Waals surface area contributed by atoms with Gasteiger partial charge < -0.3 is 57.7 Å². The Kier molecular flexibility index (Phi) is 21.7. The van der Waals surface area contributed by atoms with Crippen molar-refractivity contribution in [2.24, 2.45) is 10.8 Å². The fraction of sp³-hybridized carbons (Fsp3) is 0.541. The van der Waals surface area contributed by atoms with E-state index < -0.39 is 114 Å². The standard InChI is InChI=1S/C61H83IN12O10/c1-34(63-9)52(77)70-50(60(3,4)5)58(83)73-32-40(28-46(73)56(81)68-44-22-14-18-36-16-10-12-20-42(36)44)66-48(75)30-64-54(79)38-24-26-39(27-25-38)55(80)65-31-49(76)67-41-29-47(57(82)69-45-23-15-19-37-17-11-13-21-43(37)45)74(33-41)59(84)51(61(6,7)8)71-53(78)35(2)72-62/h10-13,16-17,20-21,24-27,34-35,40-41,44-47,50-51,63,72H,14-15,18-19,22-23,28-33H2,1-9H3,(H,64,79)(H,65,80)(H,66,75)(H,67,76)(H,68,81)(H,69,82)(H,70,77)(H,71,78)/t34-,35-,40-,41-,44+,45+,46-,47-,50+,51+/m0/s1. The number of likely N-dealkylation sites (N-methyl/N-ethyl adjacent to an activating group) is 1. The summed E-state index contributed by atoms with van der Waals surface area (Å²) in [5.74, 6) is -4.85. The summed E-state index contributed by atoms with van der Waals surface area (Å²) in [6.45, 7) is 13.3. The highest BCUT2D eigenvalue weighted by molar-refractivity contribution is 14.1. The van der Waals surface area contributed by atoms with Crippen LogP contribution in [-0.2, 0) is 51.2 Å². The molecule has 0 unspecified atom stereocenters. The van der Waals surface area contributed by atoms with E-state index in [4.69, 9.17) is 0 Å². The predicted molar refractivity (Wildman–Crippen MR) is 324 cm³/mol. The lowest BCUT2D eigenvalue weighted by molar-refractivity contribution is -0.144. The van der Waals surface area contributed by atoms with Crippen molar-refractivity contribution in [2.45, 2.75) is 167 Å². The second kappa shape index (κ2) is 28.3. The van der Waals surface area contributed by atoms with Crippen molar-refractivity contribution in [3.8, 4) is 0 Å². The Morgan fingerprint density at radius 3 is 1.30 bits per heavy atom. The van der Waals surface area contributed by atoms with Gasteiger partial charge in [0.25, 0.3) is 11.8 Å². The minimum atomic E-state index is -1.01. The molecule has 3 aromatic carbocycles. The van der Waals surface area contributed by atoms with Crippen molar-refractivity contribution in [1.82, 2.24) is 61.2 Å². The fourth-order valence-electron chi connectivity index (χ4n) is 11.4. The zero-order valence-corrected chi connectivity index (χ0v) is 51.7. The maximum absolute atomic E-state index is 14.5. The lowest BCUT2D eigenvalue weighted by Gasteiger charge is -2.36. The maximum atomic E-state index is 14.5. The molecule has 2 saturated heterocycles. The summed E-state index contributed by atoms with van der Waals surface area (Å²) in [5, 5.41) is 25.9. The van der Waals surface area contributed by atoms with E-state index in [9.17, 15) is 47.9 Å². The molecule has 10 amide bonds. The summed E-state index contributed by atoms with van der Waals surface area (Å²) in [7, 11) is 1.64. The summed E-state index contributed by atoms with van der Waals surface area (Å²) in [6, 6.07) is 14.4. The topological polar surface area (TPSA) is 297 Å². The van der Waals surface area contributed by atoms with Crippen LogP contribution in [0, 0.1) is 10.8 Å². The fourth-order valence-corrected chi connectivity index (χ4v) is 11.7. The number of carbonyl (C=O) groups is 10. The van der Waals surface area contributed by atoms with E-state index in [0.29, 0.717) is 0 Å². The van der Waals surface area contributed by atoms with Gasteiger partial charge in [-0.1, -0.05) is 90.1 Å². The third kappa shape index (κ3) is 16.2. The van der Waals surface area contributed by atoms with E-state index in [0.717, 1.165) is 60.8 Å². The molecule has 3 aromatic rings. The molecule has 4 aliphatic rings. The molecule has 0 radical (unpaired) electrons. The number of fused-ring (bicyclic) bond motifs is 2. The van der Waals surface area contributed by atoms with E-state index in [2.05, 4.69) is 51.4 Å². The number of nitrogens with zero attached hydrogens (tertiary/aromatic N) is 2. The molecule has 0 saturated carbocycles. The average Bonchev–Trinajstić information content (AvgIpc) is 2.94. The number of hydrogen-bond donors (Lipinski definition) is 10. The second-order valence-corrected chi connectivity index (χ2v) is 25.3. The van der Waals surface area contributed by atoms with Crippen LogP contribution in [0.2, 0.25) is 0 Å². The molecule has 2 heterocycles. The Morgan fingerprint density at radius 2 is 0.929 bits per heavy atom. The molecule has 10 N–H and O–H groups in total. The lowest BCUT2D eigenvalue weighted by atomic mass is 9.85. The first kappa shape index (κ1) is 64.6. The SMILES string of the molecule is CN[C@@H](C)C(=O)N[C@H](C(=O)N1C[C@@H](NC(=O)CNC(=O)c2ccc(C(=O)NCC(=O)N[C@H]3C[C@@H](C(=O)N[C@@H]4CCCc5ccccc54)N(C(=O)[C@@H](NC(=O)[C@H](C)NI)C(C)(C)C)C3)cc2)C[C@H]1C(=O)N[C@@H]1CCCc2ccccc21)C(C)(C)C. The quantitative estimate of drug-likeness (QED) is 0.0578. The number of carbonyl (C=O) groups excluding carboxylic acids is 10. The highest BCUT2D eigenvalue weighted by Crippen LogP contribution is 2.34. The molecular weight excluding hydrogens is 1190 g/mol. The largest absolute Gasteiger partial charge is 0.350 e. The summed E-state index contributed by atoms with van der Waals surface area (Å²) < 4.78 is 2.86. The molecule has 0 spiro atoms. The number of halogens is 1. The first-order chi connectivity index (χ1) is 39.8. The number of aryl methyl sites for hydroxylation is 2. The molecule has 10 atom stereocenters. The Morgan fingerprint density at radius 1 is 0.548 bits per heavy atom. The van der Waals surface area contributed by atoms with Crippen molar-refractivity contribution < 1.29 is 47.9 Å². The Hall–Kier alpha value is -6.99. The highest BCUT2D eigenvalue weighted by atomic mass is 127. The van der Waals surface area contributed by atoms with Gasteiger partial charge in [0.2, 0.25) is 47.3 Å². The normalized spacial score (nSPS) is 21.6. The molecule has 7 rings (SSSR count). The number of benzene rings is 3. The van der Waals surface area contributed by atoms with Gasteiger partial charge in [-0.05, 0) is 130 Å². The van der Waals surface area contributed by atoms with Crippen LogP contribution in [-0.4, -0.2) is 150 Å². The monoisotopic (exact) mass is 1270 g/mol. The third-order valence-electron chi connectivity index (χ3n) is 16.3. The van der Waals surface area contributed by atoms with Crippen LogP contribution >= 0.6 is 22.9 Å². The highest BCUT2D eigenvalue weighted by Gasteiger charge is 2.48. The molecule has 23 heteroatoms. The van der Waals surface area contributed by atoms with Gasteiger partial charge in [0, 0.05) is 59.2 Å². The van der Waals surface area contributed by atoms with Gasteiger partial charge in [0.1, 0.15) is 24.2 Å². The van der Waals surface area contributed by atoms with Gasteiger partial charge in [-0.3, -0.25) is 47.9 Å². The van der Waals surface area contributed by atoms with Gasteiger partial charge in [-0.25, -0.2) is 3.53 Å². The van der Waals surface area contributed by atoms with Gasteiger partial charge >= 0.3 is 0 Å². The van der Waals surface area contributed by atoms with E-state index in [1.54, 1.807) is 20.9 Å². The Balaban J connectivity index is 0.938. The predicted octanol–water partition coefficient (Wildman–Crippen LogP) is 2.70. The zero-order valence-electron chi connectivity index (χ0n) is 49.5. The van der Waals surface area contributed by atoms with E-state index >= 15 is 0 Å². The van der Waals surface area contributed by atoms with Crippen molar-refractivity contribution in [3.05, 3.63) is 106 Å². The first-order valence-corrected chi connectivity index (χ1v) is 30.1. The number of rotatable bonds is 20. The number of likely N-dealkylation sites (tertiary alicyclic amines) is 2. The maximum Gasteiger partial charge on any atom is 0.251 e. The zero-order chi connectivity index (χ0) is 61.2. The molecule has 0 aromatic heterocycles. The van der Waals surface area contributed by atoms with Gasteiger partial charge in [-0.15, -0.1) is 0 Å². The van der Waals surface area contributed by atoms with Crippen LogP contribution in [0.1, 0.15) is 149 Å². The van der Waals surface area contributed by atoms with Gasteiger partial charge in [0.05, 0.1) is 37.3 Å². The molecule has 2 aliphatic heterocycles. The minimum absolute atomic E-state index is 0.0278. The Bertz CT molecular complexity index is 2750. The minimum Gasteiger partial charge on any atom is -0.350 e. The van der Waals surface area contributed by atoms with Crippen LogP contribution in [0.3, 0.4) is 0 Å². The molecule has 0 bridgehead atoms. The summed E-state index contributed by atoms with van der Waals surface area (Å²) in [6.07, 6.45) is 5.13. The smallest absolute Gasteiger partial charge is 0.251 e. The molecule has 2 fully saturated rings. The third-order valence-corrected chi connectivity index (χ3v) is 17.2. The van der Waals surface area contributed by atoms with E-state index in [-0.39, 0.29) is 66.9 Å². The molecule has 84 heavy (non-hydrogen) atoms. The van der Waals surface area contributed by atoms with Crippen LogP contribution in [0.5, 0.6) is 0 Å². The summed E-state index contributed by atoms with van der Waals surface area (Å²) in [5.41, 5.74) is 3.10. The molecule has 2 aliphatic carbocycles. The van der Waals surface area contributed by atoms with Crippen molar-refractivity contribution in [2.75, 3.05) is 33.2 Å². The van der Waals surface area contributed by atoms with Crippen LogP contribution in [0.25, 0.3) is 0 Å². The summed E-state index contributed by atoms with van der Waals surface area (Å²) >= 11 is 1.87. The first-order valence-electron chi connectivity index (χ1n) is 29.0. The average molecular weight is 1270 g/mol. The molecular formula is C61H83IN12O10. The number of nitrogens with one attached hydrogen (secondary N) is 10. The van der Waals surface area contributed by atoms with E-state index in [1.807, 2.05) is 113 Å². The van der Waals surface area contributed by atoms with Crippen LogP contribution < -0.4 is 51.4 Å². The second-order valence-electron chi connectivity index (χ2n) is 24.7. The van der Waals surface area contributed by atoms with Crippen molar-refractivity contribution >= 4 is 81.9 Å². The Labute approximate surface area is 505 Å². The van der Waals surface area contributed by atoms with Gasteiger partial charge in [-0.2, -0.15) is 0 Å². The van der Waals surface area contributed by atoms with E-state index in [1.165, 1.54) is 34.1 Å². The molecule has 22 nitrogen and oxygen atoms in total. The molecule has 454 valence electrons. The number of amides is 10. The summed E-state index contributed by atoms with van der Waals surface area (Å²) in [4.78, 5) is 140.